The zero-order valence-electron chi connectivity index (χ0n) is 17.8. The van der Waals surface area contributed by atoms with E-state index >= 15 is 0 Å². The van der Waals surface area contributed by atoms with Crippen LogP contribution in [-0.4, -0.2) is 40.0 Å². The summed E-state index contributed by atoms with van der Waals surface area (Å²) >= 11 is 0. The maximum Gasteiger partial charge on any atom is 0.221 e. The number of hydrogen-bond donors (Lipinski definition) is 1. The van der Waals surface area contributed by atoms with Crippen molar-refractivity contribution in [2.24, 2.45) is 0 Å². The molecule has 0 aliphatic carbocycles. The topological polar surface area (TPSA) is 90.1 Å². The average molecular weight is 405 g/mol. The summed E-state index contributed by atoms with van der Waals surface area (Å²) in [5.41, 5.74) is 3.14. The first-order valence-corrected chi connectivity index (χ1v) is 10.6. The summed E-state index contributed by atoms with van der Waals surface area (Å²) in [7, 11) is 0. The lowest BCUT2D eigenvalue weighted by molar-refractivity contribution is 0.574. The minimum atomic E-state index is 0.393. The van der Waals surface area contributed by atoms with Crippen molar-refractivity contribution in [2.75, 3.05) is 0 Å². The zero-order chi connectivity index (χ0) is 20.9. The molecule has 3 heterocycles. The van der Waals surface area contributed by atoms with Gasteiger partial charge in [-0.25, -0.2) is 9.67 Å². The molecule has 8 heteroatoms. The van der Waals surface area contributed by atoms with E-state index in [4.69, 9.17) is 10.1 Å². The van der Waals surface area contributed by atoms with E-state index in [1.54, 1.807) is 0 Å². The molecule has 0 aliphatic rings. The minimum absolute atomic E-state index is 0.393. The van der Waals surface area contributed by atoms with Crippen LogP contribution in [-0.2, 0) is 13.0 Å². The van der Waals surface area contributed by atoms with Gasteiger partial charge in [0.05, 0.1) is 12.2 Å². The van der Waals surface area contributed by atoms with E-state index < -0.39 is 0 Å². The maximum atomic E-state index is 4.84. The Hall–Kier alpha value is -3.29. The number of aryl methyl sites for hydroxylation is 1. The molecular weight excluding hydrogens is 376 g/mol. The molecule has 0 saturated carbocycles. The Kier molecular flexibility index (Phi) is 6.02. The molecule has 3 aromatic heterocycles. The van der Waals surface area contributed by atoms with Gasteiger partial charge in [0.1, 0.15) is 5.82 Å². The predicted molar refractivity (Wildman–Crippen MR) is 115 cm³/mol. The number of aromatic nitrogens is 8. The number of rotatable bonds is 9. The van der Waals surface area contributed by atoms with Crippen LogP contribution in [0.3, 0.4) is 0 Å². The Labute approximate surface area is 176 Å². The van der Waals surface area contributed by atoms with Gasteiger partial charge < -0.3 is 4.57 Å². The molecule has 0 fully saturated rings. The third kappa shape index (κ3) is 4.17. The molecule has 1 N–H and O–H groups in total. The van der Waals surface area contributed by atoms with Gasteiger partial charge in [-0.05, 0) is 47.9 Å². The van der Waals surface area contributed by atoms with Gasteiger partial charge in [-0.3, -0.25) is 0 Å². The van der Waals surface area contributed by atoms with E-state index in [1.807, 2.05) is 18.3 Å². The van der Waals surface area contributed by atoms with Crippen molar-refractivity contribution in [1.82, 2.24) is 40.0 Å². The van der Waals surface area contributed by atoms with Crippen LogP contribution >= 0.6 is 0 Å². The van der Waals surface area contributed by atoms with E-state index in [2.05, 4.69) is 74.9 Å². The zero-order valence-corrected chi connectivity index (χ0v) is 17.8. The van der Waals surface area contributed by atoms with Crippen molar-refractivity contribution < 1.29 is 0 Å². The van der Waals surface area contributed by atoms with Crippen LogP contribution in [0.2, 0.25) is 0 Å². The van der Waals surface area contributed by atoms with Crippen molar-refractivity contribution in [3.8, 4) is 17.2 Å². The van der Waals surface area contributed by atoms with Gasteiger partial charge in [0.15, 0.2) is 5.82 Å². The average Bonchev–Trinajstić information content (AvgIpc) is 3.52. The molecule has 30 heavy (non-hydrogen) atoms. The summed E-state index contributed by atoms with van der Waals surface area (Å²) in [6.45, 7) is 7.34. The molecule has 1 atom stereocenters. The summed E-state index contributed by atoms with van der Waals surface area (Å²) in [6.07, 6.45) is 6.27. The number of nitrogens with zero attached hydrogens (tertiary/aromatic N) is 7. The third-order valence-electron chi connectivity index (χ3n) is 5.42. The van der Waals surface area contributed by atoms with Crippen LogP contribution in [0.5, 0.6) is 0 Å². The molecule has 156 valence electrons. The summed E-state index contributed by atoms with van der Waals surface area (Å²) < 4.78 is 4.13. The lowest BCUT2D eigenvalue weighted by atomic mass is 10.1. The Morgan fingerprint density at radius 2 is 1.93 bits per heavy atom. The number of aromatic amines is 1. The highest BCUT2D eigenvalue weighted by molar-refractivity contribution is 5.54. The van der Waals surface area contributed by atoms with Crippen molar-refractivity contribution in [3.05, 3.63) is 59.8 Å². The first-order chi connectivity index (χ1) is 14.7. The first kappa shape index (κ1) is 20.0. The van der Waals surface area contributed by atoms with E-state index in [-0.39, 0.29) is 0 Å². The molecule has 0 saturated heterocycles. The molecule has 1 unspecified atom stereocenters. The highest BCUT2D eigenvalue weighted by Gasteiger charge is 2.16. The minimum Gasteiger partial charge on any atom is -0.314 e. The molecule has 8 nitrogen and oxygen atoms in total. The van der Waals surface area contributed by atoms with Crippen LogP contribution in [0.15, 0.2) is 42.6 Å². The first-order valence-electron chi connectivity index (χ1n) is 10.6. The molecule has 0 aliphatic heterocycles. The van der Waals surface area contributed by atoms with Gasteiger partial charge in [0.2, 0.25) is 5.82 Å². The molecule has 0 amide bonds. The molecule has 1 aromatic carbocycles. The predicted octanol–water partition coefficient (Wildman–Crippen LogP) is 4.15. The second-order valence-corrected chi connectivity index (χ2v) is 7.62. The van der Waals surface area contributed by atoms with Gasteiger partial charge in [0.25, 0.3) is 0 Å². The van der Waals surface area contributed by atoms with Crippen LogP contribution < -0.4 is 0 Å². The highest BCUT2D eigenvalue weighted by atomic mass is 15.5. The smallest absolute Gasteiger partial charge is 0.221 e. The van der Waals surface area contributed by atoms with E-state index in [1.165, 1.54) is 5.56 Å². The summed E-state index contributed by atoms with van der Waals surface area (Å²) in [5.74, 6) is 3.01. The Morgan fingerprint density at radius 1 is 1.10 bits per heavy atom. The van der Waals surface area contributed by atoms with Gasteiger partial charge >= 0.3 is 0 Å². The van der Waals surface area contributed by atoms with Crippen molar-refractivity contribution in [1.29, 1.82) is 0 Å². The maximum absolute atomic E-state index is 4.84. The second kappa shape index (κ2) is 9.02. The van der Waals surface area contributed by atoms with Gasteiger partial charge in [-0.2, -0.15) is 10.3 Å². The fourth-order valence-corrected chi connectivity index (χ4v) is 3.50. The lowest BCUT2D eigenvalue weighted by Gasteiger charge is -2.12. The van der Waals surface area contributed by atoms with Crippen LogP contribution in [0.25, 0.3) is 17.2 Å². The number of nitrogens with one attached hydrogen (secondary N) is 1. The Bertz CT molecular complexity index is 1060. The monoisotopic (exact) mass is 404 g/mol. The lowest BCUT2D eigenvalue weighted by Crippen LogP contribution is -2.09. The van der Waals surface area contributed by atoms with Crippen LogP contribution in [0.4, 0.5) is 0 Å². The molecule has 0 radical (unpaired) electrons. The summed E-state index contributed by atoms with van der Waals surface area (Å²) in [6, 6.07) is 12.5. The summed E-state index contributed by atoms with van der Waals surface area (Å²) in [5, 5.41) is 19.2. The fraction of sp³-hybridized carbons (Fsp3) is 0.409. The van der Waals surface area contributed by atoms with Crippen molar-refractivity contribution in [3.63, 3.8) is 0 Å². The largest absolute Gasteiger partial charge is 0.314 e. The van der Waals surface area contributed by atoms with Gasteiger partial charge in [-0.15, -0.1) is 10.2 Å². The molecule has 4 rings (SSSR count). The quantitative estimate of drug-likeness (QED) is 0.452. The molecular formula is C22H28N8. The number of unbranched alkanes of at least 4 members (excludes halogenated alkanes) is 1. The number of H-pyrrole nitrogens is 1. The standard InChI is InChI=1S/C22H28N8/c1-4-6-9-20-23-22(16(3)5-2)30(26-20)15-17-10-12-18(13-11-17)29-14-7-8-19(29)21-24-27-28-25-21/h7-8,10-14,16H,4-6,9,15H2,1-3H3,(H,24,25,27,28). The number of tetrazole rings is 1. The molecule has 4 aromatic rings. The Morgan fingerprint density at radius 3 is 2.63 bits per heavy atom. The van der Waals surface area contributed by atoms with Crippen molar-refractivity contribution in [2.45, 2.75) is 58.9 Å². The highest BCUT2D eigenvalue weighted by Crippen LogP contribution is 2.22. The third-order valence-corrected chi connectivity index (χ3v) is 5.42. The molecule has 0 spiro atoms. The van der Waals surface area contributed by atoms with Crippen LogP contribution in [0.1, 0.15) is 63.2 Å². The Balaban J connectivity index is 1.56. The van der Waals surface area contributed by atoms with Gasteiger partial charge in [-0.1, -0.05) is 39.3 Å². The van der Waals surface area contributed by atoms with Crippen LogP contribution in [0, 0.1) is 0 Å². The summed E-state index contributed by atoms with van der Waals surface area (Å²) in [4.78, 5) is 4.84. The number of hydrogen-bond acceptors (Lipinski definition) is 5. The van der Waals surface area contributed by atoms with E-state index in [0.717, 1.165) is 55.3 Å². The fourth-order valence-electron chi connectivity index (χ4n) is 3.50. The van der Waals surface area contributed by atoms with E-state index in [9.17, 15) is 0 Å². The second-order valence-electron chi connectivity index (χ2n) is 7.62. The SMILES string of the molecule is CCCCc1nc(C(C)CC)n(Cc2ccc(-n3cccc3-c3nn[nH]n3)cc2)n1. The van der Waals surface area contributed by atoms with E-state index in [0.29, 0.717) is 11.7 Å². The van der Waals surface area contributed by atoms with Gasteiger partial charge in [0, 0.05) is 24.2 Å². The molecule has 0 bridgehead atoms. The normalized spacial score (nSPS) is 12.4. The van der Waals surface area contributed by atoms with Crippen molar-refractivity contribution >= 4 is 0 Å². The number of benzene rings is 1.